The number of aryl methyl sites for hydroxylation is 1. The number of carbonyl (C=O) groups is 2. The molecule has 1 unspecified atom stereocenters. The molecule has 0 radical (unpaired) electrons. The van der Waals surface area contributed by atoms with Crippen molar-refractivity contribution in [2.45, 2.75) is 29.7 Å². The van der Waals surface area contributed by atoms with Gasteiger partial charge in [-0.3, -0.25) is 14.5 Å². The van der Waals surface area contributed by atoms with E-state index < -0.39 is 17.7 Å². The zero-order valence-electron chi connectivity index (χ0n) is 23.8. The van der Waals surface area contributed by atoms with Crippen molar-refractivity contribution in [2.75, 3.05) is 4.90 Å². The molecule has 1 aliphatic heterocycles. The largest absolute Gasteiger partial charge is 0.507 e. The Morgan fingerprint density at radius 2 is 1.71 bits per heavy atom. The number of carbonyl (C=O) groups excluding carboxylic acids is 2. The highest BCUT2D eigenvalue weighted by Gasteiger charge is 2.48. The van der Waals surface area contributed by atoms with Gasteiger partial charge in [0, 0.05) is 21.4 Å². The first-order chi connectivity index (χ1) is 21.8. The molecule has 1 amide bonds. The highest BCUT2D eigenvalue weighted by molar-refractivity contribution is 8.00. The Kier molecular flexibility index (Phi) is 9.23. The third-order valence-electron chi connectivity index (χ3n) is 7.16. The predicted octanol–water partition coefficient (Wildman–Crippen LogP) is 8.65. The Hall–Kier alpha value is -4.15. The molecule has 11 heteroatoms. The molecule has 45 heavy (non-hydrogen) atoms. The van der Waals surface area contributed by atoms with Crippen LogP contribution in [0.2, 0.25) is 10.0 Å². The zero-order chi connectivity index (χ0) is 31.5. The molecular weight excluding hydrogens is 649 g/mol. The van der Waals surface area contributed by atoms with Crippen LogP contribution in [0.25, 0.3) is 5.76 Å². The molecule has 0 saturated carbocycles. The van der Waals surface area contributed by atoms with Crippen molar-refractivity contribution in [1.29, 1.82) is 0 Å². The van der Waals surface area contributed by atoms with E-state index in [1.807, 2.05) is 49.4 Å². The zero-order valence-corrected chi connectivity index (χ0v) is 27.0. The molecule has 1 atom stereocenters. The molecule has 1 aliphatic rings. The third-order valence-corrected chi connectivity index (χ3v) is 9.88. The van der Waals surface area contributed by atoms with Crippen LogP contribution < -0.4 is 9.64 Å². The molecule has 7 nitrogen and oxygen atoms in total. The highest BCUT2D eigenvalue weighted by atomic mass is 35.5. The summed E-state index contributed by atoms with van der Waals surface area (Å²) < 4.78 is 6.52. The number of ketones is 1. The molecular formula is C34H25Cl2N3O4S2. The van der Waals surface area contributed by atoms with Crippen molar-refractivity contribution in [2.24, 2.45) is 0 Å². The predicted molar refractivity (Wildman–Crippen MR) is 179 cm³/mol. The van der Waals surface area contributed by atoms with Crippen LogP contribution in [0, 0.1) is 6.92 Å². The fraction of sp³-hybridized carbons (Fsp3) is 0.118. The molecule has 5 aromatic rings. The first-order valence-corrected chi connectivity index (χ1v) is 16.4. The second-order valence-electron chi connectivity index (χ2n) is 10.3. The molecule has 1 fully saturated rings. The van der Waals surface area contributed by atoms with Gasteiger partial charge in [0.25, 0.3) is 5.78 Å². The SMILES string of the molecule is Cc1cccc(COc2ccc(/C(O)=C3\C(=O)C(=O)N(c4nnc(SCc5ccccc5Cl)s4)C3c3ccc(Cl)cc3)cc2)c1. The Labute approximate surface area is 278 Å². The normalized spacial score (nSPS) is 15.9. The van der Waals surface area contributed by atoms with Crippen LogP contribution in [0.1, 0.15) is 33.9 Å². The fourth-order valence-corrected chi connectivity index (χ4v) is 7.22. The van der Waals surface area contributed by atoms with Crippen LogP contribution in [-0.2, 0) is 21.9 Å². The van der Waals surface area contributed by atoms with E-state index in [0.717, 1.165) is 16.7 Å². The number of thioether (sulfide) groups is 1. The summed E-state index contributed by atoms with van der Waals surface area (Å²) in [6.07, 6.45) is 0. The van der Waals surface area contributed by atoms with E-state index in [0.29, 0.717) is 43.6 Å². The van der Waals surface area contributed by atoms with Crippen LogP contribution in [0.4, 0.5) is 5.13 Å². The van der Waals surface area contributed by atoms with Crippen molar-refractivity contribution in [1.82, 2.24) is 10.2 Å². The highest BCUT2D eigenvalue weighted by Crippen LogP contribution is 2.44. The van der Waals surface area contributed by atoms with Crippen molar-refractivity contribution in [3.8, 4) is 5.75 Å². The molecule has 4 aromatic carbocycles. The van der Waals surface area contributed by atoms with Gasteiger partial charge in [0.2, 0.25) is 5.13 Å². The van der Waals surface area contributed by atoms with Crippen molar-refractivity contribution in [3.05, 3.63) is 140 Å². The Morgan fingerprint density at radius 1 is 0.956 bits per heavy atom. The van der Waals surface area contributed by atoms with E-state index >= 15 is 0 Å². The lowest BCUT2D eigenvalue weighted by Crippen LogP contribution is -2.29. The van der Waals surface area contributed by atoms with Gasteiger partial charge in [-0.2, -0.15) is 0 Å². The van der Waals surface area contributed by atoms with E-state index in [9.17, 15) is 14.7 Å². The number of ether oxygens (including phenoxy) is 1. The third kappa shape index (κ3) is 6.77. The van der Waals surface area contributed by atoms with Gasteiger partial charge in [0.15, 0.2) is 4.34 Å². The van der Waals surface area contributed by atoms with Crippen molar-refractivity contribution < 1.29 is 19.4 Å². The molecule has 1 saturated heterocycles. The van der Waals surface area contributed by atoms with Crippen LogP contribution in [-0.4, -0.2) is 27.0 Å². The van der Waals surface area contributed by atoms with Gasteiger partial charge in [0.05, 0.1) is 11.6 Å². The number of rotatable bonds is 9. The summed E-state index contributed by atoms with van der Waals surface area (Å²) in [6, 6.07) is 28.1. The van der Waals surface area contributed by atoms with Gasteiger partial charge >= 0.3 is 5.91 Å². The minimum Gasteiger partial charge on any atom is -0.507 e. The minimum absolute atomic E-state index is 0.0591. The van der Waals surface area contributed by atoms with E-state index in [1.165, 1.54) is 28.0 Å². The number of aliphatic hydroxyl groups is 1. The maximum atomic E-state index is 13.5. The van der Waals surface area contributed by atoms with E-state index in [-0.39, 0.29) is 16.5 Å². The van der Waals surface area contributed by atoms with Gasteiger partial charge in [-0.1, -0.05) is 106 Å². The summed E-state index contributed by atoms with van der Waals surface area (Å²) in [5.41, 5.74) is 4.00. The first-order valence-electron chi connectivity index (χ1n) is 13.8. The summed E-state index contributed by atoms with van der Waals surface area (Å²) in [6.45, 7) is 2.41. The first kappa shape index (κ1) is 30.9. The number of hydrogen-bond acceptors (Lipinski definition) is 8. The van der Waals surface area contributed by atoms with E-state index in [4.69, 9.17) is 27.9 Å². The molecule has 6 rings (SSSR count). The Morgan fingerprint density at radius 3 is 2.44 bits per heavy atom. The topological polar surface area (TPSA) is 92.6 Å². The maximum Gasteiger partial charge on any atom is 0.301 e. The number of amides is 1. The van der Waals surface area contributed by atoms with Crippen LogP contribution in [0.5, 0.6) is 5.75 Å². The average Bonchev–Trinajstić information content (AvgIpc) is 3.61. The molecule has 0 bridgehead atoms. The van der Waals surface area contributed by atoms with Crippen LogP contribution in [0.15, 0.2) is 107 Å². The second-order valence-corrected chi connectivity index (χ2v) is 13.3. The number of nitrogens with zero attached hydrogens (tertiary/aromatic N) is 3. The van der Waals surface area contributed by atoms with Gasteiger partial charge in [-0.15, -0.1) is 10.2 Å². The van der Waals surface area contributed by atoms with Gasteiger partial charge in [-0.25, -0.2) is 0 Å². The van der Waals surface area contributed by atoms with E-state index in [1.54, 1.807) is 48.5 Å². The van der Waals surface area contributed by atoms with Gasteiger partial charge in [0.1, 0.15) is 18.1 Å². The van der Waals surface area contributed by atoms with E-state index in [2.05, 4.69) is 16.3 Å². The molecule has 0 aliphatic carbocycles. The lowest BCUT2D eigenvalue weighted by Gasteiger charge is -2.22. The number of benzene rings is 4. The second kappa shape index (κ2) is 13.5. The van der Waals surface area contributed by atoms with Crippen molar-refractivity contribution >= 4 is 68.9 Å². The Balaban J connectivity index is 1.30. The maximum absolute atomic E-state index is 13.5. The quantitative estimate of drug-likeness (QED) is 0.0550. The summed E-state index contributed by atoms with van der Waals surface area (Å²) in [5.74, 6) is -0.795. The molecule has 226 valence electrons. The lowest BCUT2D eigenvalue weighted by molar-refractivity contribution is -0.132. The number of aromatic nitrogens is 2. The summed E-state index contributed by atoms with van der Waals surface area (Å²) in [4.78, 5) is 28.4. The summed E-state index contributed by atoms with van der Waals surface area (Å²) in [7, 11) is 0. The summed E-state index contributed by atoms with van der Waals surface area (Å²) >= 11 is 15.1. The number of Topliss-reactive ketones (excluding diaryl/α,β-unsaturated/α-hetero) is 1. The number of halogens is 2. The summed E-state index contributed by atoms with van der Waals surface area (Å²) in [5, 5.41) is 21.4. The van der Waals surface area contributed by atoms with Crippen molar-refractivity contribution in [3.63, 3.8) is 0 Å². The smallest absolute Gasteiger partial charge is 0.301 e. The van der Waals surface area contributed by atoms with Gasteiger partial charge < -0.3 is 9.84 Å². The lowest BCUT2D eigenvalue weighted by atomic mass is 9.95. The molecule has 0 spiro atoms. The monoisotopic (exact) mass is 673 g/mol. The standard InChI is InChI=1S/C34H25Cl2N3O4S2/c1-20-5-4-6-21(17-20)18-43-26-15-11-23(12-16-26)30(40)28-29(22-9-13-25(35)14-10-22)39(32(42)31(28)41)33-37-38-34(45-33)44-19-24-7-2-3-8-27(24)36/h2-17,29,40H,18-19H2,1H3/b30-28+. The molecule has 2 heterocycles. The average molecular weight is 675 g/mol. The minimum atomic E-state index is -0.950. The van der Waals surface area contributed by atoms with Crippen LogP contribution >= 0.6 is 46.3 Å². The fourth-order valence-electron chi connectivity index (χ4n) is 4.94. The number of hydrogen-bond donors (Lipinski definition) is 1. The molecule has 1 N–H and O–H groups in total. The number of anilines is 1. The van der Waals surface area contributed by atoms with Gasteiger partial charge in [-0.05, 0) is 66.1 Å². The van der Waals surface area contributed by atoms with Crippen LogP contribution in [0.3, 0.4) is 0 Å². The number of aliphatic hydroxyl groups excluding tert-OH is 1. The Bertz CT molecular complexity index is 1910. The molecule has 1 aromatic heterocycles.